The first-order valence-electron chi connectivity index (χ1n) is 7.82. The van der Waals surface area contributed by atoms with Crippen molar-refractivity contribution in [3.05, 3.63) is 0 Å². The summed E-state index contributed by atoms with van der Waals surface area (Å²) in [5.74, 6) is -0.209. The number of aliphatic carboxylic acids is 1. The van der Waals surface area contributed by atoms with Crippen molar-refractivity contribution < 1.29 is 14.7 Å². The fourth-order valence-corrected chi connectivity index (χ4v) is 3.49. The number of piperidine rings is 2. The molecule has 3 atom stereocenters. The van der Waals surface area contributed by atoms with Crippen LogP contribution in [0.2, 0.25) is 0 Å². The molecule has 0 saturated carbocycles. The molecule has 0 aliphatic carbocycles. The van der Waals surface area contributed by atoms with E-state index in [1.807, 2.05) is 6.92 Å². The third-order valence-corrected chi connectivity index (χ3v) is 4.67. The normalized spacial score (nSPS) is 31.1. The summed E-state index contributed by atoms with van der Waals surface area (Å²) in [4.78, 5) is 25.3. The highest BCUT2D eigenvalue weighted by molar-refractivity contribution is 5.84. The van der Waals surface area contributed by atoms with Crippen molar-refractivity contribution in [3.63, 3.8) is 0 Å². The van der Waals surface area contributed by atoms with Gasteiger partial charge in [0, 0.05) is 13.0 Å². The molecular formula is C15H26N2O3. The first-order chi connectivity index (χ1) is 9.59. The van der Waals surface area contributed by atoms with Crippen LogP contribution in [-0.2, 0) is 9.59 Å². The average molecular weight is 282 g/mol. The van der Waals surface area contributed by atoms with Crippen molar-refractivity contribution in [2.45, 2.75) is 51.5 Å². The highest BCUT2D eigenvalue weighted by atomic mass is 16.4. The van der Waals surface area contributed by atoms with E-state index >= 15 is 0 Å². The molecule has 5 nitrogen and oxygen atoms in total. The van der Waals surface area contributed by atoms with E-state index in [9.17, 15) is 14.7 Å². The molecular weight excluding hydrogens is 256 g/mol. The van der Waals surface area contributed by atoms with Gasteiger partial charge < -0.3 is 15.3 Å². The molecule has 1 amide bonds. The van der Waals surface area contributed by atoms with E-state index in [1.54, 1.807) is 4.90 Å². The molecule has 114 valence electrons. The number of nitrogens with zero attached hydrogens (tertiary/aromatic N) is 1. The van der Waals surface area contributed by atoms with Crippen LogP contribution in [0.4, 0.5) is 0 Å². The largest absolute Gasteiger partial charge is 0.480 e. The highest BCUT2D eigenvalue weighted by Crippen LogP contribution is 2.25. The van der Waals surface area contributed by atoms with Gasteiger partial charge in [0.15, 0.2) is 0 Å². The number of likely N-dealkylation sites (tertiary alicyclic amines) is 1. The molecule has 0 radical (unpaired) electrons. The van der Waals surface area contributed by atoms with E-state index in [0.29, 0.717) is 18.9 Å². The zero-order chi connectivity index (χ0) is 14.5. The minimum Gasteiger partial charge on any atom is -0.480 e. The summed E-state index contributed by atoms with van der Waals surface area (Å²) in [7, 11) is 0. The third-order valence-electron chi connectivity index (χ3n) is 4.67. The smallest absolute Gasteiger partial charge is 0.326 e. The Morgan fingerprint density at radius 3 is 2.75 bits per heavy atom. The van der Waals surface area contributed by atoms with Gasteiger partial charge in [-0.25, -0.2) is 4.79 Å². The van der Waals surface area contributed by atoms with Crippen LogP contribution in [-0.4, -0.2) is 47.6 Å². The molecule has 5 heteroatoms. The van der Waals surface area contributed by atoms with Crippen LogP contribution < -0.4 is 5.32 Å². The van der Waals surface area contributed by atoms with Gasteiger partial charge in [-0.2, -0.15) is 0 Å². The lowest BCUT2D eigenvalue weighted by Crippen LogP contribution is -2.52. The van der Waals surface area contributed by atoms with Crippen molar-refractivity contribution in [1.82, 2.24) is 10.2 Å². The minimum absolute atomic E-state index is 0.0227. The number of hydrogen-bond donors (Lipinski definition) is 2. The summed E-state index contributed by atoms with van der Waals surface area (Å²) in [6, 6.07) is -0.624. The van der Waals surface area contributed by atoms with Crippen LogP contribution >= 0.6 is 0 Å². The van der Waals surface area contributed by atoms with Crippen molar-refractivity contribution >= 4 is 11.9 Å². The van der Waals surface area contributed by atoms with E-state index in [-0.39, 0.29) is 11.8 Å². The molecule has 3 unspecified atom stereocenters. The number of carbonyl (C=O) groups excluding carboxylic acids is 1. The van der Waals surface area contributed by atoms with Crippen LogP contribution in [0.5, 0.6) is 0 Å². The maximum atomic E-state index is 12.3. The van der Waals surface area contributed by atoms with E-state index in [2.05, 4.69) is 5.32 Å². The van der Waals surface area contributed by atoms with Crippen molar-refractivity contribution in [2.75, 3.05) is 19.6 Å². The van der Waals surface area contributed by atoms with Gasteiger partial charge >= 0.3 is 5.97 Å². The lowest BCUT2D eigenvalue weighted by Gasteiger charge is -2.37. The van der Waals surface area contributed by atoms with Gasteiger partial charge in [-0.05, 0) is 57.0 Å². The van der Waals surface area contributed by atoms with Crippen LogP contribution in [0.15, 0.2) is 0 Å². The molecule has 0 aromatic carbocycles. The second-order valence-electron chi connectivity index (χ2n) is 6.24. The van der Waals surface area contributed by atoms with Gasteiger partial charge in [-0.3, -0.25) is 4.79 Å². The number of carbonyl (C=O) groups is 2. The predicted molar refractivity (Wildman–Crippen MR) is 76.4 cm³/mol. The Labute approximate surface area is 120 Å². The minimum atomic E-state index is -0.857. The van der Waals surface area contributed by atoms with Crippen molar-refractivity contribution in [3.8, 4) is 0 Å². The molecule has 2 fully saturated rings. The third kappa shape index (κ3) is 3.72. The fourth-order valence-electron chi connectivity index (χ4n) is 3.49. The Morgan fingerprint density at radius 2 is 2.10 bits per heavy atom. The quantitative estimate of drug-likeness (QED) is 0.819. The second kappa shape index (κ2) is 7.07. The number of hydrogen-bond acceptors (Lipinski definition) is 3. The lowest BCUT2D eigenvalue weighted by atomic mass is 9.89. The molecule has 2 N–H and O–H groups in total. The standard InChI is InChI=1S/C15H26N2O3/c1-11-4-3-9-17(14(11)15(19)20)13(18)7-6-12-5-2-8-16-10-12/h11-12,14,16H,2-10H2,1H3,(H,19,20). The van der Waals surface area contributed by atoms with Gasteiger partial charge in [0.05, 0.1) is 0 Å². The van der Waals surface area contributed by atoms with Gasteiger partial charge in [0.2, 0.25) is 5.91 Å². The number of nitrogens with one attached hydrogen (secondary N) is 1. The summed E-state index contributed by atoms with van der Waals surface area (Å²) in [5.41, 5.74) is 0. The average Bonchev–Trinajstić information content (AvgIpc) is 2.45. The van der Waals surface area contributed by atoms with Crippen molar-refractivity contribution in [2.24, 2.45) is 11.8 Å². The maximum Gasteiger partial charge on any atom is 0.326 e. The van der Waals surface area contributed by atoms with E-state index in [4.69, 9.17) is 0 Å². The number of carboxylic acid groups (broad SMARTS) is 1. The maximum absolute atomic E-state index is 12.3. The summed E-state index contributed by atoms with van der Waals surface area (Å²) >= 11 is 0. The molecule has 2 aliphatic heterocycles. The van der Waals surface area contributed by atoms with Gasteiger partial charge in [-0.15, -0.1) is 0 Å². The van der Waals surface area contributed by atoms with Crippen LogP contribution in [0.3, 0.4) is 0 Å². The Bertz CT molecular complexity index is 353. The van der Waals surface area contributed by atoms with Gasteiger partial charge in [-0.1, -0.05) is 6.92 Å². The first-order valence-corrected chi connectivity index (χ1v) is 7.82. The summed E-state index contributed by atoms with van der Waals surface area (Å²) in [6.07, 6.45) is 5.54. The lowest BCUT2D eigenvalue weighted by molar-refractivity contribution is -0.154. The highest BCUT2D eigenvalue weighted by Gasteiger charge is 2.36. The first kappa shape index (κ1) is 15.3. The van der Waals surface area contributed by atoms with Crippen LogP contribution in [0, 0.1) is 11.8 Å². The monoisotopic (exact) mass is 282 g/mol. The topological polar surface area (TPSA) is 69.6 Å². The molecule has 0 spiro atoms. The molecule has 0 bridgehead atoms. The predicted octanol–water partition coefficient (Wildman–Crippen LogP) is 1.48. The van der Waals surface area contributed by atoms with Crippen molar-refractivity contribution in [1.29, 1.82) is 0 Å². The number of carboxylic acids is 1. The molecule has 2 rings (SSSR count). The Kier molecular flexibility index (Phi) is 5.40. The summed E-state index contributed by atoms with van der Waals surface area (Å²) in [5, 5.41) is 12.7. The molecule has 2 aliphatic rings. The van der Waals surface area contributed by atoms with E-state index in [1.165, 1.54) is 12.8 Å². The molecule has 2 saturated heterocycles. The fraction of sp³-hybridized carbons (Fsp3) is 0.867. The summed E-state index contributed by atoms with van der Waals surface area (Å²) < 4.78 is 0. The van der Waals surface area contributed by atoms with Crippen LogP contribution in [0.1, 0.15) is 45.4 Å². The van der Waals surface area contributed by atoms with Crippen LogP contribution in [0.25, 0.3) is 0 Å². The Morgan fingerprint density at radius 1 is 1.30 bits per heavy atom. The van der Waals surface area contributed by atoms with E-state index in [0.717, 1.165) is 32.4 Å². The zero-order valence-electron chi connectivity index (χ0n) is 12.3. The van der Waals surface area contributed by atoms with Gasteiger partial charge in [0.1, 0.15) is 6.04 Å². The second-order valence-corrected chi connectivity index (χ2v) is 6.24. The SMILES string of the molecule is CC1CCCN(C(=O)CCC2CCCNC2)C1C(=O)O. The molecule has 20 heavy (non-hydrogen) atoms. The molecule has 2 heterocycles. The van der Waals surface area contributed by atoms with E-state index < -0.39 is 12.0 Å². The Hall–Kier alpha value is -1.10. The number of amides is 1. The summed E-state index contributed by atoms with van der Waals surface area (Å²) in [6.45, 7) is 4.60. The molecule has 0 aromatic heterocycles. The molecule has 0 aromatic rings. The van der Waals surface area contributed by atoms with Gasteiger partial charge in [0.25, 0.3) is 0 Å². The number of rotatable bonds is 4. The Balaban J connectivity index is 1.87. The zero-order valence-corrected chi connectivity index (χ0v) is 12.3.